The summed E-state index contributed by atoms with van der Waals surface area (Å²) in [5.74, 6) is 1.05. The zero-order valence-corrected chi connectivity index (χ0v) is 12.8. The first kappa shape index (κ1) is 14.2. The van der Waals surface area contributed by atoms with E-state index >= 15 is 0 Å². The maximum absolute atomic E-state index is 6.16. The number of ether oxygens (including phenoxy) is 1. The molecule has 21 heavy (non-hydrogen) atoms. The number of rotatable bonds is 5. The molecule has 110 valence electrons. The Morgan fingerprint density at radius 2 is 2.05 bits per heavy atom. The van der Waals surface area contributed by atoms with E-state index in [4.69, 9.17) is 4.74 Å². The van der Waals surface area contributed by atoms with Crippen LogP contribution in [0.3, 0.4) is 0 Å². The predicted octanol–water partition coefficient (Wildman–Crippen LogP) is 3.52. The summed E-state index contributed by atoms with van der Waals surface area (Å²) >= 11 is 0. The highest BCUT2D eigenvalue weighted by atomic mass is 16.5. The predicted molar refractivity (Wildman–Crippen MR) is 86.9 cm³/mol. The van der Waals surface area contributed by atoms with Crippen molar-refractivity contribution in [2.24, 2.45) is 0 Å². The highest BCUT2D eigenvalue weighted by molar-refractivity contribution is 5.38. The quantitative estimate of drug-likeness (QED) is 0.905. The highest BCUT2D eigenvalue weighted by Gasteiger charge is 2.29. The number of hydrogen-bond acceptors (Lipinski definition) is 2. The zero-order chi connectivity index (χ0) is 14.7. The van der Waals surface area contributed by atoms with Crippen molar-refractivity contribution in [1.82, 2.24) is 5.32 Å². The van der Waals surface area contributed by atoms with Crippen molar-refractivity contribution < 1.29 is 4.74 Å². The van der Waals surface area contributed by atoms with Crippen LogP contribution in [0, 0.1) is 6.92 Å². The lowest BCUT2D eigenvalue weighted by atomic mass is 9.97. The number of likely N-dealkylation sites (N-methyl/N-ethyl adjacent to an activating group) is 1. The summed E-state index contributed by atoms with van der Waals surface area (Å²) in [4.78, 5) is 0. The lowest BCUT2D eigenvalue weighted by molar-refractivity contribution is 0.178. The second-order valence-electron chi connectivity index (χ2n) is 5.83. The molecular formula is C19H23NO. The van der Waals surface area contributed by atoms with Crippen LogP contribution >= 0.6 is 0 Å². The lowest BCUT2D eigenvalue weighted by Gasteiger charge is -2.24. The molecular weight excluding hydrogens is 258 g/mol. The summed E-state index contributed by atoms with van der Waals surface area (Å²) < 4.78 is 6.16. The molecule has 1 N–H and O–H groups in total. The van der Waals surface area contributed by atoms with Crippen LogP contribution in [0.15, 0.2) is 48.5 Å². The van der Waals surface area contributed by atoms with Gasteiger partial charge in [-0.3, -0.25) is 0 Å². The Balaban J connectivity index is 1.74. The smallest absolute Gasteiger partial charge is 0.123 e. The number of para-hydroxylation sites is 1. The standard InChI is InChI=1S/C19H23NO/c1-3-20-17(12-15-8-6-7-14(2)11-15)19-13-16-9-4-5-10-18(16)21-19/h4-11,17,19-20H,3,12-13H2,1-2H3. The summed E-state index contributed by atoms with van der Waals surface area (Å²) in [5, 5.41) is 3.60. The van der Waals surface area contributed by atoms with Crippen LogP contribution in [0.1, 0.15) is 23.6 Å². The largest absolute Gasteiger partial charge is 0.488 e. The molecule has 0 fully saturated rings. The number of fused-ring (bicyclic) bond motifs is 1. The van der Waals surface area contributed by atoms with Crippen molar-refractivity contribution in [2.45, 2.75) is 38.8 Å². The molecule has 1 heterocycles. The van der Waals surface area contributed by atoms with Crippen LogP contribution < -0.4 is 10.1 Å². The van der Waals surface area contributed by atoms with Gasteiger partial charge in [0, 0.05) is 12.5 Å². The maximum Gasteiger partial charge on any atom is 0.123 e. The van der Waals surface area contributed by atoms with Gasteiger partial charge in [0.15, 0.2) is 0 Å². The van der Waals surface area contributed by atoms with Gasteiger partial charge in [0.1, 0.15) is 11.9 Å². The van der Waals surface area contributed by atoms with Crippen molar-refractivity contribution in [3.8, 4) is 5.75 Å². The molecule has 0 spiro atoms. The van der Waals surface area contributed by atoms with E-state index < -0.39 is 0 Å². The monoisotopic (exact) mass is 281 g/mol. The number of benzene rings is 2. The Kier molecular flexibility index (Phi) is 4.26. The molecule has 2 aromatic carbocycles. The second-order valence-corrected chi connectivity index (χ2v) is 5.83. The third kappa shape index (κ3) is 3.27. The van der Waals surface area contributed by atoms with Crippen LogP contribution in [0.2, 0.25) is 0 Å². The Labute approximate surface area is 127 Å². The highest BCUT2D eigenvalue weighted by Crippen LogP contribution is 2.30. The van der Waals surface area contributed by atoms with Crippen LogP contribution in [-0.4, -0.2) is 18.7 Å². The minimum atomic E-state index is 0.225. The Hall–Kier alpha value is -1.80. The van der Waals surface area contributed by atoms with Gasteiger partial charge in [0.2, 0.25) is 0 Å². The molecule has 2 nitrogen and oxygen atoms in total. The van der Waals surface area contributed by atoms with Crippen LogP contribution in [-0.2, 0) is 12.8 Å². The summed E-state index contributed by atoms with van der Waals surface area (Å²) in [6.07, 6.45) is 2.23. The minimum absolute atomic E-state index is 0.225. The minimum Gasteiger partial charge on any atom is -0.488 e. The normalized spacial score (nSPS) is 18.1. The Bertz CT molecular complexity index is 583. The third-order valence-electron chi connectivity index (χ3n) is 4.13. The van der Waals surface area contributed by atoms with Gasteiger partial charge >= 0.3 is 0 Å². The zero-order valence-electron chi connectivity index (χ0n) is 12.8. The van der Waals surface area contributed by atoms with Gasteiger partial charge in [0.25, 0.3) is 0 Å². The molecule has 0 radical (unpaired) electrons. The van der Waals surface area contributed by atoms with Crippen molar-refractivity contribution >= 4 is 0 Å². The summed E-state index contributed by atoms with van der Waals surface area (Å²) in [6.45, 7) is 5.27. The topological polar surface area (TPSA) is 21.3 Å². The lowest BCUT2D eigenvalue weighted by Crippen LogP contribution is -2.44. The van der Waals surface area contributed by atoms with E-state index in [1.54, 1.807) is 0 Å². The van der Waals surface area contributed by atoms with E-state index in [1.165, 1.54) is 16.7 Å². The van der Waals surface area contributed by atoms with E-state index in [2.05, 4.69) is 61.6 Å². The van der Waals surface area contributed by atoms with Crippen molar-refractivity contribution in [3.63, 3.8) is 0 Å². The van der Waals surface area contributed by atoms with Gasteiger partial charge in [-0.1, -0.05) is 55.0 Å². The number of nitrogens with one attached hydrogen (secondary N) is 1. The van der Waals surface area contributed by atoms with Crippen molar-refractivity contribution in [2.75, 3.05) is 6.54 Å². The molecule has 0 amide bonds. The molecule has 0 aliphatic carbocycles. The van der Waals surface area contributed by atoms with E-state index in [-0.39, 0.29) is 6.10 Å². The van der Waals surface area contributed by atoms with E-state index in [0.29, 0.717) is 6.04 Å². The average Bonchev–Trinajstić information content (AvgIpc) is 2.91. The molecule has 0 bridgehead atoms. The molecule has 0 saturated heterocycles. The summed E-state index contributed by atoms with van der Waals surface area (Å²) in [7, 11) is 0. The fraction of sp³-hybridized carbons (Fsp3) is 0.368. The van der Waals surface area contributed by atoms with E-state index in [1.807, 2.05) is 6.07 Å². The van der Waals surface area contributed by atoms with Crippen LogP contribution in [0.25, 0.3) is 0 Å². The Morgan fingerprint density at radius 3 is 2.81 bits per heavy atom. The van der Waals surface area contributed by atoms with Crippen molar-refractivity contribution in [1.29, 1.82) is 0 Å². The molecule has 1 aliphatic rings. The first-order valence-electron chi connectivity index (χ1n) is 7.79. The van der Waals surface area contributed by atoms with E-state index in [0.717, 1.165) is 25.1 Å². The first-order chi connectivity index (χ1) is 10.3. The SMILES string of the molecule is CCNC(Cc1cccc(C)c1)C1Cc2ccccc2O1. The van der Waals surface area contributed by atoms with Crippen molar-refractivity contribution in [3.05, 3.63) is 65.2 Å². The maximum atomic E-state index is 6.16. The number of aryl methyl sites for hydroxylation is 1. The molecule has 0 aromatic heterocycles. The van der Waals surface area contributed by atoms with E-state index in [9.17, 15) is 0 Å². The van der Waals surface area contributed by atoms with Gasteiger partial charge < -0.3 is 10.1 Å². The molecule has 2 heteroatoms. The Morgan fingerprint density at radius 1 is 1.19 bits per heavy atom. The van der Waals surface area contributed by atoms with Gasteiger partial charge in [-0.2, -0.15) is 0 Å². The number of hydrogen-bond donors (Lipinski definition) is 1. The van der Waals surface area contributed by atoms with Gasteiger partial charge in [-0.05, 0) is 37.1 Å². The fourth-order valence-corrected chi connectivity index (χ4v) is 3.12. The average molecular weight is 281 g/mol. The first-order valence-corrected chi connectivity index (χ1v) is 7.79. The van der Waals surface area contributed by atoms with Gasteiger partial charge in [0.05, 0.1) is 0 Å². The molecule has 2 unspecified atom stereocenters. The van der Waals surface area contributed by atoms with Gasteiger partial charge in [-0.15, -0.1) is 0 Å². The summed E-state index contributed by atoms with van der Waals surface area (Å²) in [6, 6.07) is 17.5. The molecule has 2 aromatic rings. The molecule has 1 aliphatic heterocycles. The molecule has 3 rings (SSSR count). The fourth-order valence-electron chi connectivity index (χ4n) is 3.12. The van der Waals surface area contributed by atoms with Crippen LogP contribution in [0.5, 0.6) is 5.75 Å². The summed E-state index contributed by atoms with van der Waals surface area (Å²) in [5.41, 5.74) is 4.02. The molecule has 2 atom stereocenters. The van der Waals surface area contributed by atoms with Gasteiger partial charge in [-0.25, -0.2) is 0 Å². The van der Waals surface area contributed by atoms with Crippen LogP contribution in [0.4, 0.5) is 0 Å². The molecule has 0 saturated carbocycles. The second kappa shape index (κ2) is 6.31. The third-order valence-corrected chi connectivity index (χ3v) is 4.13.